The summed E-state index contributed by atoms with van der Waals surface area (Å²) in [5.74, 6) is -2.53. The fourth-order valence-corrected chi connectivity index (χ4v) is 3.49. The minimum Gasteiger partial charge on any atom is -0.465 e. The number of hydrogen-bond donors (Lipinski definition) is 0. The predicted molar refractivity (Wildman–Crippen MR) is 94.2 cm³/mol. The molecule has 2 aliphatic rings. The van der Waals surface area contributed by atoms with Gasteiger partial charge in [0.25, 0.3) is 0 Å². The molecule has 0 aromatic heterocycles. The van der Waals surface area contributed by atoms with E-state index in [4.69, 9.17) is 4.74 Å². The number of fused-ring (bicyclic) bond motifs is 1. The summed E-state index contributed by atoms with van der Waals surface area (Å²) < 4.78 is 9.93. The third kappa shape index (κ3) is 3.63. The molecular weight excluding hydrogens is 350 g/mol. The minimum atomic E-state index is -0.987. The van der Waals surface area contributed by atoms with Gasteiger partial charge in [-0.1, -0.05) is 24.3 Å². The number of amides is 2. The number of carbonyl (C=O) groups excluding carboxylic acids is 4. The Morgan fingerprint density at radius 2 is 1.78 bits per heavy atom. The number of rotatable bonds is 5. The average Bonchev–Trinajstić information content (AvgIpc) is 2.96. The van der Waals surface area contributed by atoms with Crippen LogP contribution in [-0.2, 0) is 30.5 Å². The summed E-state index contributed by atoms with van der Waals surface area (Å²) in [5.41, 5.74) is 0.955. The summed E-state index contributed by atoms with van der Waals surface area (Å²) in [6.07, 6.45) is 4.84. The quantitative estimate of drug-likeness (QED) is 0.446. The number of imide groups is 1. The van der Waals surface area contributed by atoms with Gasteiger partial charge in [0.15, 0.2) is 0 Å². The molecule has 27 heavy (non-hydrogen) atoms. The Hall–Kier alpha value is -2.96. The van der Waals surface area contributed by atoms with Crippen molar-refractivity contribution in [1.82, 2.24) is 4.90 Å². The normalized spacial score (nSPS) is 22.4. The molecule has 3 rings (SSSR count). The first-order valence-corrected chi connectivity index (χ1v) is 8.80. The van der Waals surface area contributed by atoms with Crippen LogP contribution in [0.5, 0.6) is 0 Å². The summed E-state index contributed by atoms with van der Waals surface area (Å²) in [4.78, 5) is 50.1. The molecule has 0 unspecified atom stereocenters. The molecule has 142 valence electrons. The molecule has 0 bridgehead atoms. The smallest absolute Gasteiger partial charge is 0.337 e. The van der Waals surface area contributed by atoms with Crippen molar-refractivity contribution in [2.45, 2.75) is 32.4 Å². The summed E-state index contributed by atoms with van der Waals surface area (Å²) in [7, 11) is 1.29. The number of esters is 2. The molecule has 1 aliphatic carbocycles. The van der Waals surface area contributed by atoms with E-state index in [9.17, 15) is 19.2 Å². The zero-order chi connectivity index (χ0) is 19.6. The van der Waals surface area contributed by atoms with Crippen LogP contribution in [0, 0.1) is 11.8 Å². The molecule has 2 amide bonds. The molecule has 1 aliphatic heterocycles. The van der Waals surface area contributed by atoms with Crippen LogP contribution in [0.2, 0.25) is 0 Å². The van der Waals surface area contributed by atoms with Crippen molar-refractivity contribution in [2.24, 2.45) is 11.8 Å². The average molecular weight is 371 g/mol. The van der Waals surface area contributed by atoms with E-state index in [0.717, 1.165) is 4.90 Å². The van der Waals surface area contributed by atoms with Crippen LogP contribution in [0.1, 0.15) is 35.7 Å². The van der Waals surface area contributed by atoms with Crippen molar-refractivity contribution in [3.8, 4) is 0 Å². The Morgan fingerprint density at radius 3 is 2.37 bits per heavy atom. The fourth-order valence-electron chi connectivity index (χ4n) is 3.49. The molecule has 1 aromatic rings. The summed E-state index contributed by atoms with van der Waals surface area (Å²) >= 11 is 0. The van der Waals surface area contributed by atoms with Crippen LogP contribution in [0.15, 0.2) is 36.4 Å². The number of benzene rings is 1. The Bertz CT molecular complexity index is 788. The molecule has 0 radical (unpaired) electrons. The van der Waals surface area contributed by atoms with Crippen molar-refractivity contribution in [1.29, 1.82) is 0 Å². The van der Waals surface area contributed by atoms with Gasteiger partial charge in [-0.15, -0.1) is 0 Å². The van der Waals surface area contributed by atoms with E-state index >= 15 is 0 Å². The number of carbonyl (C=O) groups is 4. The summed E-state index contributed by atoms with van der Waals surface area (Å²) in [5, 5.41) is 0. The van der Waals surface area contributed by atoms with Crippen LogP contribution in [0.3, 0.4) is 0 Å². The lowest BCUT2D eigenvalue weighted by Crippen LogP contribution is -2.44. The van der Waals surface area contributed by atoms with Gasteiger partial charge in [-0.3, -0.25) is 14.5 Å². The molecular formula is C20H21NO6. The maximum Gasteiger partial charge on any atom is 0.337 e. The Morgan fingerprint density at radius 1 is 1.15 bits per heavy atom. The molecule has 0 N–H and O–H groups in total. The van der Waals surface area contributed by atoms with Crippen molar-refractivity contribution in [3.63, 3.8) is 0 Å². The lowest BCUT2D eigenvalue weighted by Gasteiger charge is -2.21. The molecule has 7 heteroatoms. The topological polar surface area (TPSA) is 90.0 Å². The zero-order valence-electron chi connectivity index (χ0n) is 15.2. The number of likely N-dealkylation sites (tertiary alicyclic amines) is 1. The molecule has 1 heterocycles. The minimum absolute atomic E-state index is 0.0708. The molecule has 1 fully saturated rings. The van der Waals surface area contributed by atoms with Gasteiger partial charge in [0, 0.05) is 0 Å². The van der Waals surface area contributed by atoms with Gasteiger partial charge in [-0.05, 0) is 37.5 Å². The van der Waals surface area contributed by atoms with E-state index in [0.29, 0.717) is 24.0 Å². The highest BCUT2D eigenvalue weighted by Gasteiger charge is 2.50. The highest BCUT2D eigenvalue weighted by atomic mass is 16.5. The second kappa shape index (κ2) is 7.73. The van der Waals surface area contributed by atoms with Gasteiger partial charge in [0.05, 0.1) is 24.5 Å². The molecule has 0 spiro atoms. The molecule has 0 saturated carbocycles. The molecule has 7 nitrogen and oxygen atoms in total. The third-order valence-corrected chi connectivity index (χ3v) is 5.00. The third-order valence-electron chi connectivity index (χ3n) is 5.00. The molecule has 1 aromatic carbocycles. The van der Waals surface area contributed by atoms with Crippen molar-refractivity contribution >= 4 is 23.8 Å². The molecule has 3 atom stereocenters. The molecule has 1 saturated heterocycles. The number of hydrogen-bond acceptors (Lipinski definition) is 6. The number of nitrogens with zero attached hydrogens (tertiary/aromatic N) is 1. The first kappa shape index (κ1) is 18.8. The first-order chi connectivity index (χ1) is 12.9. The van der Waals surface area contributed by atoms with Crippen molar-refractivity contribution < 1.29 is 28.7 Å². The van der Waals surface area contributed by atoms with E-state index in [2.05, 4.69) is 4.74 Å². The first-order valence-electron chi connectivity index (χ1n) is 8.80. The predicted octanol–water partition coefficient (Wildman–Crippen LogP) is 1.86. The monoisotopic (exact) mass is 371 g/mol. The van der Waals surface area contributed by atoms with E-state index in [1.54, 1.807) is 24.3 Å². The van der Waals surface area contributed by atoms with Crippen LogP contribution in [-0.4, -0.2) is 41.8 Å². The van der Waals surface area contributed by atoms with Gasteiger partial charge in [0.2, 0.25) is 11.8 Å². The van der Waals surface area contributed by atoms with Gasteiger partial charge in [-0.25, -0.2) is 9.59 Å². The van der Waals surface area contributed by atoms with E-state index in [-0.39, 0.29) is 30.3 Å². The zero-order valence-corrected chi connectivity index (χ0v) is 15.2. The Balaban J connectivity index is 1.64. The van der Waals surface area contributed by atoms with Crippen LogP contribution in [0.4, 0.5) is 0 Å². The lowest BCUT2D eigenvalue weighted by atomic mass is 9.85. The highest BCUT2D eigenvalue weighted by molar-refractivity contribution is 6.08. The number of allylic oxidation sites excluding steroid dienone is 2. The number of ether oxygens (including phenoxy) is 2. The lowest BCUT2D eigenvalue weighted by molar-refractivity contribution is -0.159. The Labute approximate surface area is 156 Å². The Kier molecular flexibility index (Phi) is 5.39. The van der Waals surface area contributed by atoms with Gasteiger partial charge in [-0.2, -0.15) is 0 Å². The number of methoxy groups -OCH3 is 1. The second-order valence-electron chi connectivity index (χ2n) is 6.68. The van der Waals surface area contributed by atoms with Crippen LogP contribution >= 0.6 is 0 Å². The van der Waals surface area contributed by atoms with E-state index in [1.165, 1.54) is 14.0 Å². The summed E-state index contributed by atoms with van der Waals surface area (Å²) in [6.45, 7) is 1.42. The van der Waals surface area contributed by atoms with Crippen LogP contribution < -0.4 is 0 Å². The SMILES string of the molecule is COC(=O)c1cccc(COC(=O)[C@H](C)N2C(=O)[C@@H]3CC=CC[C@H]3C2=O)c1. The fraction of sp³-hybridized carbons (Fsp3) is 0.400. The summed E-state index contributed by atoms with van der Waals surface area (Å²) in [6, 6.07) is 5.54. The second-order valence-corrected chi connectivity index (χ2v) is 6.68. The standard InChI is InChI=1S/C20H21NO6/c1-12(21-17(22)15-8-3-4-9-16(15)18(21)23)19(24)27-11-13-6-5-7-14(10-13)20(25)26-2/h3-7,10,12,15-16H,8-9,11H2,1-2H3/t12-,15+,16+/m0/s1. The largest absolute Gasteiger partial charge is 0.465 e. The maximum absolute atomic E-state index is 12.5. The maximum atomic E-state index is 12.5. The van der Waals surface area contributed by atoms with Gasteiger partial charge >= 0.3 is 11.9 Å². The van der Waals surface area contributed by atoms with E-state index < -0.39 is 18.0 Å². The highest BCUT2D eigenvalue weighted by Crippen LogP contribution is 2.36. The van der Waals surface area contributed by atoms with E-state index in [1.807, 2.05) is 12.2 Å². The van der Waals surface area contributed by atoms with Crippen LogP contribution in [0.25, 0.3) is 0 Å². The van der Waals surface area contributed by atoms with Crippen molar-refractivity contribution in [3.05, 3.63) is 47.5 Å². The van der Waals surface area contributed by atoms with Gasteiger partial charge in [0.1, 0.15) is 12.6 Å². The van der Waals surface area contributed by atoms with Gasteiger partial charge < -0.3 is 9.47 Å². The van der Waals surface area contributed by atoms with Crippen molar-refractivity contribution in [2.75, 3.05) is 7.11 Å².